The number of rotatable bonds is 4. The van der Waals surface area contributed by atoms with E-state index in [2.05, 4.69) is 30.5 Å². The van der Waals surface area contributed by atoms with Crippen LogP contribution in [0.2, 0.25) is 0 Å². The Kier molecular flexibility index (Phi) is 4.27. The Morgan fingerprint density at radius 2 is 1.80 bits per heavy atom. The summed E-state index contributed by atoms with van der Waals surface area (Å²) in [6.07, 6.45) is 1.58. The van der Waals surface area contributed by atoms with Gasteiger partial charge in [-0.2, -0.15) is 5.10 Å². The second-order valence-corrected chi connectivity index (χ2v) is 6.57. The number of H-pyrrole nitrogens is 1. The Labute approximate surface area is 167 Å². The van der Waals surface area contributed by atoms with Crippen LogP contribution in [0.4, 0.5) is 24.8 Å². The minimum Gasteiger partial charge on any atom is -0.322 e. The van der Waals surface area contributed by atoms with Gasteiger partial charge in [0.1, 0.15) is 23.8 Å². The molecule has 5 rings (SSSR count). The molecule has 0 fully saturated rings. The number of pyridine rings is 1. The van der Waals surface area contributed by atoms with Crippen molar-refractivity contribution in [3.8, 4) is 11.4 Å². The highest BCUT2D eigenvalue weighted by molar-refractivity contribution is 5.96. The number of aromatic nitrogens is 5. The molecule has 3 aromatic heterocycles. The maximum absolute atomic E-state index is 14.0. The lowest BCUT2D eigenvalue weighted by atomic mass is 10.1. The zero-order valence-corrected chi connectivity index (χ0v) is 15.3. The van der Waals surface area contributed by atoms with E-state index in [4.69, 9.17) is 0 Å². The van der Waals surface area contributed by atoms with Crippen LogP contribution < -0.4 is 5.32 Å². The van der Waals surface area contributed by atoms with E-state index in [1.54, 1.807) is 42.6 Å². The zero-order valence-electron chi connectivity index (χ0n) is 15.3. The Bertz CT molecular complexity index is 1400. The first kappa shape index (κ1) is 18.0. The predicted molar refractivity (Wildman–Crippen MR) is 107 cm³/mol. The largest absolute Gasteiger partial charge is 0.322 e. The lowest BCUT2D eigenvalue weighted by molar-refractivity contribution is 0.486. The fourth-order valence-corrected chi connectivity index (χ4v) is 3.29. The smallest absolute Gasteiger partial charge is 0.165 e. The Morgan fingerprint density at radius 1 is 0.933 bits per heavy atom. The molecule has 0 saturated heterocycles. The number of alkyl halides is 1. The number of fused-ring (bicyclic) bond motifs is 2. The average Bonchev–Trinajstić information content (AvgIpc) is 3.16. The van der Waals surface area contributed by atoms with Crippen molar-refractivity contribution in [3.63, 3.8) is 0 Å². The summed E-state index contributed by atoms with van der Waals surface area (Å²) in [6.45, 7) is -0.675. The van der Waals surface area contributed by atoms with Crippen LogP contribution in [0.15, 0.2) is 54.7 Å². The first-order chi connectivity index (χ1) is 14.6. The van der Waals surface area contributed by atoms with Crippen molar-refractivity contribution in [2.45, 2.75) is 6.67 Å². The molecule has 0 spiro atoms. The molecule has 5 aromatic rings. The molecule has 0 atom stereocenters. The van der Waals surface area contributed by atoms with Crippen molar-refractivity contribution < 1.29 is 13.2 Å². The minimum atomic E-state index is -0.752. The lowest BCUT2D eigenvalue weighted by Crippen LogP contribution is -2.02. The van der Waals surface area contributed by atoms with Crippen LogP contribution >= 0.6 is 0 Å². The monoisotopic (exact) mass is 406 g/mol. The lowest BCUT2D eigenvalue weighted by Gasteiger charge is -2.11. The quantitative estimate of drug-likeness (QED) is 0.436. The molecular weight excluding hydrogens is 393 g/mol. The van der Waals surface area contributed by atoms with Gasteiger partial charge in [0.15, 0.2) is 23.1 Å². The van der Waals surface area contributed by atoms with Gasteiger partial charge in [-0.05, 0) is 23.8 Å². The van der Waals surface area contributed by atoms with Crippen LogP contribution in [0, 0.1) is 11.6 Å². The van der Waals surface area contributed by atoms with Gasteiger partial charge in [-0.25, -0.2) is 28.1 Å². The third-order valence-electron chi connectivity index (χ3n) is 4.70. The molecule has 0 bridgehead atoms. The second-order valence-electron chi connectivity index (χ2n) is 6.57. The minimum absolute atomic E-state index is 0.0679. The molecule has 3 heterocycles. The van der Waals surface area contributed by atoms with E-state index in [-0.39, 0.29) is 22.5 Å². The van der Waals surface area contributed by atoms with E-state index in [1.165, 1.54) is 6.07 Å². The molecule has 0 amide bonds. The number of halogens is 3. The number of nitrogens with one attached hydrogen (secondary N) is 2. The molecule has 30 heavy (non-hydrogen) atoms. The van der Waals surface area contributed by atoms with Crippen molar-refractivity contribution in [1.82, 2.24) is 25.1 Å². The normalized spacial score (nSPS) is 11.3. The Balaban J connectivity index is 1.69. The number of anilines is 2. The van der Waals surface area contributed by atoms with E-state index in [9.17, 15) is 13.2 Å². The van der Waals surface area contributed by atoms with Crippen molar-refractivity contribution in [1.29, 1.82) is 0 Å². The Morgan fingerprint density at radius 3 is 2.67 bits per heavy atom. The first-order valence-electron chi connectivity index (χ1n) is 9.01. The maximum atomic E-state index is 14.0. The fourth-order valence-electron chi connectivity index (χ4n) is 3.29. The van der Waals surface area contributed by atoms with Gasteiger partial charge in [0.25, 0.3) is 0 Å². The maximum Gasteiger partial charge on any atom is 0.165 e. The van der Waals surface area contributed by atoms with E-state index in [0.29, 0.717) is 28.0 Å². The summed E-state index contributed by atoms with van der Waals surface area (Å²) in [5.41, 5.74) is 1.42. The summed E-state index contributed by atoms with van der Waals surface area (Å²) in [7, 11) is 0. The van der Waals surface area contributed by atoms with Crippen LogP contribution in [-0.2, 0) is 6.67 Å². The highest BCUT2D eigenvalue weighted by Crippen LogP contribution is 2.31. The molecule has 0 aliphatic heterocycles. The molecule has 0 unspecified atom stereocenters. The summed E-state index contributed by atoms with van der Waals surface area (Å²) in [5.74, 6) is -0.686. The Hall–Kier alpha value is -4.01. The highest BCUT2D eigenvalue weighted by Gasteiger charge is 2.16. The van der Waals surface area contributed by atoms with Gasteiger partial charge in [-0.15, -0.1) is 0 Å². The molecule has 0 radical (unpaired) electrons. The van der Waals surface area contributed by atoms with E-state index in [0.717, 1.165) is 6.07 Å². The van der Waals surface area contributed by atoms with Gasteiger partial charge in [-0.3, -0.25) is 5.10 Å². The predicted octanol–water partition coefficient (Wildman–Crippen LogP) is 5.06. The van der Waals surface area contributed by atoms with E-state index < -0.39 is 18.3 Å². The average molecular weight is 406 g/mol. The number of nitrogens with zero attached hydrogens (tertiary/aromatic N) is 4. The summed E-state index contributed by atoms with van der Waals surface area (Å²) in [4.78, 5) is 13.3. The van der Waals surface area contributed by atoms with Crippen LogP contribution in [0.5, 0.6) is 0 Å². The third kappa shape index (κ3) is 3.00. The van der Waals surface area contributed by atoms with Gasteiger partial charge in [0.2, 0.25) is 0 Å². The number of benzene rings is 2. The molecule has 0 aliphatic carbocycles. The summed E-state index contributed by atoms with van der Waals surface area (Å²) < 4.78 is 41.2. The number of hydrogen-bond acceptors (Lipinski definition) is 5. The topological polar surface area (TPSA) is 79.4 Å². The van der Waals surface area contributed by atoms with Crippen molar-refractivity contribution in [3.05, 3.63) is 71.9 Å². The third-order valence-corrected chi connectivity index (χ3v) is 4.70. The van der Waals surface area contributed by atoms with Crippen molar-refractivity contribution in [2.24, 2.45) is 0 Å². The van der Waals surface area contributed by atoms with Crippen LogP contribution in [0.3, 0.4) is 0 Å². The summed E-state index contributed by atoms with van der Waals surface area (Å²) in [6, 6.07) is 12.3. The molecule has 148 valence electrons. The number of hydrogen-bond donors (Lipinski definition) is 2. The zero-order chi connectivity index (χ0) is 20.7. The highest BCUT2D eigenvalue weighted by atomic mass is 19.1. The van der Waals surface area contributed by atoms with Crippen LogP contribution in [-0.4, -0.2) is 25.1 Å². The molecule has 2 aromatic carbocycles. The van der Waals surface area contributed by atoms with Crippen molar-refractivity contribution in [2.75, 3.05) is 5.32 Å². The molecule has 9 heteroatoms. The number of aromatic amines is 1. The van der Waals surface area contributed by atoms with Gasteiger partial charge < -0.3 is 5.32 Å². The van der Waals surface area contributed by atoms with E-state index >= 15 is 0 Å². The molecule has 2 N–H and O–H groups in total. The first-order valence-corrected chi connectivity index (χ1v) is 9.01. The SMILES string of the molecule is FCc1ccccc1-c1nc(Nc2n[nH]c3c(F)cc(F)cc23)c2cccnc2n1. The van der Waals surface area contributed by atoms with Gasteiger partial charge >= 0.3 is 0 Å². The molecule has 0 aliphatic rings. The van der Waals surface area contributed by atoms with Gasteiger partial charge in [0, 0.05) is 17.8 Å². The molecule has 6 nitrogen and oxygen atoms in total. The molecular formula is C21H13F3N6. The summed E-state index contributed by atoms with van der Waals surface area (Å²) in [5, 5.41) is 10.4. The second kappa shape index (κ2) is 7.11. The molecule has 0 saturated carbocycles. The fraction of sp³-hybridized carbons (Fsp3) is 0.0476. The van der Waals surface area contributed by atoms with Gasteiger partial charge in [0.05, 0.1) is 10.8 Å². The standard InChI is InChI=1S/C21H13F3N6/c22-10-11-4-1-2-5-13(11)19-26-18-14(6-3-7-25-18)20(27-19)28-21-15-8-12(23)9-16(24)17(15)29-30-21/h1-9H,10H2,(H2,25,26,27,28,29,30). The van der Waals surface area contributed by atoms with Crippen LogP contribution in [0.1, 0.15) is 5.56 Å². The summed E-state index contributed by atoms with van der Waals surface area (Å²) >= 11 is 0. The van der Waals surface area contributed by atoms with E-state index in [1.807, 2.05) is 0 Å². The van der Waals surface area contributed by atoms with Crippen LogP contribution in [0.25, 0.3) is 33.3 Å². The van der Waals surface area contributed by atoms with Crippen molar-refractivity contribution >= 4 is 33.6 Å². The van der Waals surface area contributed by atoms with Gasteiger partial charge in [-0.1, -0.05) is 24.3 Å².